The fourth-order valence-electron chi connectivity index (χ4n) is 1.90. The minimum atomic E-state index is -2.38. The molecule has 0 radical (unpaired) electrons. The van der Waals surface area contributed by atoms with Gasteiger partial charge in [-0.05, 0) is 19.4 Å². The molecule has 2 atom stereocenters. The van der Waals surface area contributed by atoms with Crippen LogP contribution in [0.5, 0.6) is 0 Å². The molecule has 3 N–H and O–H groups in total. The van der Waals surface area contributed by atoms with E-state index in [0.717, 1.165) is 6.92 Å². The van der Waals surface area contributed by atoms with Gasteiger partial charge >= 0.3 is 0 Å². The number of aromatic amines is 1. The molecule has 0 unspecified atom stereocenters. The van der Waals surface area contributed by atoms with Gasteiger partial charge in [0.2, 0.25) is 0 Å². The zero-order chi connectivity index (χ0) is 14.4. The third-order valence-electron chi connectivity index (χ3n) is 2.69. The van der Waals surface area contributed by atoms with Gasteiger partial charge in [0.25, 0.3) is 18.0 Å². The van der Waals surface area contributed by atoms with Gasteiger partial charge in [-0.15, -0.1) is 0 Å². The van der Waals surface area contributed by atoms with Gasteiger partial charge < -0.3 is 14.9 Å². The Bertz CT molecular complexity index is 454. The van der Waals surface area contributed by atoms with Gasteiger partial charge in [0.05, 0.1) is 6.04 Å². The SMILES string of the molecule is CC(=O)O.O=c1cc([C@H]2CCN[C@@H](C(F)F)C2)o[nH]1. The number of nitrogens with one attached hydrogen (secondary N) is 2. The lowest BCUT2D eigenvalue weighted by atomic mass is 9.90. The van der Waals surface area contributed by atoms with Crippen molar-refractivity contribution in [1.82, 2.24) is 10.5 Å². The summed E-state index contributed by atoms with van der Waals surface area (Å²) >= 11 is 0. The van der Waals surface area contributed by atoms with E-state index in [9.17, 15) is 13.6 Å². The smallest absolute Gasteiger partial charge is 0.300 e. The summed E-state index contributed by atoms with van der Waals surface area (Å²) in [5, 5.41) is 12.3. The summed E-state index contributed by atoms with van der Waals surface area (Å²) in [6, 6.07) is 0.530. The number of hydrogen-bond acceptors (Lipinski definition) is 4. The first-order valence-electron chi connectivity index (χ1n) is 5.79. The molecule has 0 aromatic carbocycles. The molecular weight excluding hydrogens is 262 g/mol. The van der Waals surface area contributed by atoms with Crippen molar-refractivity contribution >= 4 is 5.97 Å². The zero-order valence-corrected chi connectivity index (χ0v) is 10.4. The Morgan fingerprint density at radius 2 is 2.21 bits per heavy atom. The predicted molar refractivity (Wildman–Crippen MR) is 62.4 cm³/mol. The first-order valence-corrected chi connectivity index (χ1v) is 5.79. The molecule has 6 nitrogen and oxygen atoms in total. The number of aromatic nitrogens is 1. The lowest BCUT2D eigenvalue weighted by Gasteiger charge is -2.28. The van der Waals surface area contributed by atoms with Crippen LogP contribution in [0.4, 0.5) is 8.78 Å². The van der Waals surface area contributed by atoms with Crippen LogP contribution in [0, 0.1) is 0 Å². The number of carboxylic acids is 1. The van der Waals surface area contributed by atoms with Crippen molar-refractivity contribution in [1.29, 1.82) is 0 Å². The third kappa shape index (κ3) is 5.21. The van der Waals surface area contributed by atoms with E-state index in [-0.39, 0.29) is 11.5 Å². The van der Waals surface area contributed by atoms with Crippen LogP contribution >= 0.6 is 0 Å². The second-order valence-corrected chi connectivity index (χ2v) is 4.25. The number of alkyl halides is 2. The molecule has 0 amide bonds. The molecule has 0 aliphatic carbocycles. The van der Waals surface area contributed by atoms with Gasteiger partial charge in [0.1, 0.15) is 5.76 Å². The molecule has 0 spiro atoms. The molecule has 1 saturated heterocycles. The molecule has 0 bridgehead atoms. The Hall–Kier alpha value is -1.70. The van der Waals surface area contributed by atoms with E-state index in [4.69, 9.17) is 14.4 Å². The maximum Gasteiger partial charge on any atom is 0.300 e. The topological polar surface area (TPSA) is 95.3 Å². The average Bonchev–Trinajstić information content (AvgIpc) is 2.75. The van der Waals surface area contributed by atoms with E-state index in [2.05, 4.69) is 10.5 Å². The maximum atomic E-state index is 12.5. The quantitative estimate of drug-likeness (QED) is 0.754. The highest BCUT2D eigenvalue weighted by Crippen LogP contribution is 2.28. The summed E-state index contributed by atoms with van der Waals surface area (Å²) in [6.07, 6.45) is -1.36. The second-order valence-electron chi connectivity index (χ2n) is 4.25. The van der Waals surface area contributed by atoms with Crippen LogP contribution in [0.1, 0.15) is 31.4 Å². The molecule has 0 saturated carbocycles. The van der Waals surface area contributed by atoms with Crippen molar-refractivity contribution in [3.05, 3.63) is 22.2 Å². The van der Waals surface area contributed by atoms with Gasteiger partial charge in [0.15, 0.2) is 0 Å². The summed E-state index contributed by atoms with van der Waals surface area (Å²) in [5.74, 6) is -0.448. The molecule has 1 aliphatic rings. The number of aliphatic carboxylic acids is 1. The van der Waals surface area contributed by atoms with E-state index in [1.807, 2.05) is 0 Å². The van der Waals surface area contributed by atoms with Crippen LogP contribution < -0.4 is 10.9 Å². The van der Waals surface area contributed by atoms with Gasteiger partial charge in [-0.1, -0.05) is 0 Å². The number of carboxylic acid groups (broad SMARTS) is 1. The maximum absolute atomic E-state index is 12.5. The molecule has 19 heavy (non-hydrogen) atoms. The van der Waals surface area contributed by atoms with Crippen LogP contribution in [-0.4, -0.2) is 35.2 Å². The molecule has 8 heteroatoms. The number of rotatable bonds is 2. The van der Waals surface area contributed by atoms with Crippen molar-refractivity contribution in [3.8, 4) is 0 Å². The fourth-order valence-corrected chi connectivity index (χ4v) is 1.90. The number of carbonyl (C=O) groups is 1. The van der Waals surface area contributed by atoms with Gasteiger partial charge in [-0.3, -0.25) is 9.59 Å². The van der Waals surface area contributed by atoms with E-state index < -0.39 is 18.4 Å². The molecule has 108 valence electrons. The van der Waals surface area contributed by atoms with Crippen molar-refractivity contribution in [2.24, 2.45) is 0 Å². The number of hydrogen-bond donors (Lipinski definition) is 3. The summed E-state index contributed by atoms with van der Waals surface area (Å²) in [6.45, 7) is 1.61. The molecule has 1 aromatic heterocycles. The summed E-state index contributed by atoms with van der Waals surface area (Å²) in [4.78, 5) is 19.8. The Kier molecular flexibility index (Phi) is 5.68. The highest BCUT2D eigenvalue weighted by molar-refractivity contribution is 5.62. The highest BCUT2D eigenvalue weighted by Gasteiger charge is 2.30. The van der Waals surface area contributed by atoms with Gasteiger partial charge in [-0.2, -0.15) is 5.16 Å². The van der Waals surface area contributed by atoms with Crippen LogP contribution in [-0.2, 0) is 4.79 Å². The largest absolute Gasteiger partial charge is 0.481 e. The molecule has 1 fully saturated rings. The van der Waals surface area contributed by atoms with E-state index in [0.29, 0.717) is 25.1 Å². The molecule has 2 heterocycles. The molecule has 1 aromatic rings. The third-order valence-corrected chi connectivity index (χ3v) is 2.69. The zero-order valence-electron chi connectivity index (χ0n) is 10.4. The lowest BCUT2D eigenvalue weighted by molar-refractivity contribution is -0.134. The highest BCUT2D eigenvalue weighted by atomic mass is 19.3. The number of H-pyrrole nitrogens is 1. The average molecular weight is 278 g/mol. The fraction of sp³-hybridized carbons (Fsp3) is 0.636. The number of piperidine rings is 1. The molecular formula is C11H16F2N2O4. The van der Waals surface area contributed by atoms with E-state index >= 15 is 0 Å². The van der Waals surface area contributed by atoms with E-state index in [1.54, 1.807) is 0 Å². The Balaban J connectivity index is 0.000000399. The van der Waals surface area contributed by atoms with Crippen molar-refractivity contribution in [2.75, 3.05) is 6.54 Å². The van der Waals surface area contributed by atoms with Crippen LogP contribution in [0.15, 0.2) is 15.4 Å². The molecule has 1 aliphatic heterocycles. The minimum absolute atomic E-state index is 0.0933. The first-order chi connectivity index (χ1) is 8.90. The van der Waals surface area contributed by atoms with Crippen LogP contribution in [0.25, 0.3) is 0 Å². The minimum Gasteiger partial charge on any atom is -0.481 e. The predicted octanol–water partition coefficient (Wildman–Crippen LogP) is 1.16. The van der Waals surface area contributed by atoms with Gasteiger partial charge in [0, 0.05) is 18.9 Å². The monoisotopic (exact) mass is 278 g/mol. The Labute approximate surface area is 107 Å². The number of halogens is 2. The van der Waals surface area contributed by atoms with Crippen molar-refractivity contribution in [3.63, 3.8) is 0 Å². The summed E-state index contributed by atoms with van der Waals surface area (Å²) in [7, 11) is 0. The lowest BCUT2D eigenvalue weighted by Crippen LogP contribution is -2.42. The summed E-state index contributed by atoms with van der Waals surface area (Å²) in [5.41, 5.74) is -0.322. The van der Waals surface area contributed by atoms with Gasteiger partial charge in [-0.25, -0.2) is 8.78 Å². The molecule has 2 rings (SSSR count). The Morgan fingerprint density at radius 1 is 1.58 bits per heavy atom. The van der Waals surface area contributed by atoms with Crippen molar-refractivity contribution in [2.45, 2.75) is 38.2 Å². The first kappa shape index (κ1) is 15.4. The van der Waals surface area contributed by atoms with Crippen LogP contribution in [0.3, 0.4) is 0 Å². The second kappa shape index (κ2) is 7.03. The van der Waals surface area contributed by atoms with E-state index in [1.165, 1.54) is 6.07 Å². The standard InChI is InChI=1S/C9H12F2N2O2.C2H4O2/c10-9(11)6-3-5(1-2-12-6)7-4-8(14)13-15-7;1-2(3)4/h4-6,9,12H,1-3H2,(H,13,14);1H3,(H,3,4)/t5-,6+;/m0./s1. The van der Waals surface area contributed by atoms with Crippen LogP contribution in [0.2, 0.25) is 0 Å². The Morgan fingerprint density at radius 3 is 2.68 bits per heavy atom. The van der Waals surface area contributed by atoms with Crippen molar-refractivity contribution < 1.29 is 23.2 Å². The summed E-state index contributed by atoms with van der Waals surface area (Å²) < 4.78 is 29.8. The normalized spacial score (nSPS) is 22.7.